The first-order valence-electron chi connectivity index (χ1n) is 5.67. The smallest absolute Gasteiger partial charge is 0.291 e. The standard InChI is InChI=1S/C13H13N3O4/c1-19-9-5-2-4-8(12(14)16-18)11(9)15-13(17)10-6-3-7-20-10/h2-7,18H,1H3,(H2,14,16)(H,15,17). The molecule has 104 valence electrons. The second-order valence-electron chi connectivity index (χ2n) is 3.80. The normalized spacial score (nSPS) is 11.2. The molecule has 7 nitrogen and oxygen atoms in total. The summed E-state index contributed by atoms with van der Waals surface area (Å²) in [5.74, 6) is -0.0829. The number of benzene rings is 1. The van der Waals surface area contributed by atoms with Gasteiger partial charge in [0.15, 0.2) is 11.6 Å². The van der Waals surface area contributed by atoms with Crippen molar-refractivity contribution in [1.29, 1.82) is 0 Å². The number of para-hydroxylation sites is 1. The number of rotatable bonds is 4. The molecule has 2 aromatic rings. The van der Waals surface area contributed by atoms with E-state index in [1.165, 1.54) is 19.4 Å². The first-order valence-corrected chi connectivity index (χ1v) is 5.67. The molecule has 0 fully saturated rings. The summed E-state index contributed by atoms with van der Waals surface area (Å²) in [7, 11) is 1.45. The van der Waals surface area contributed by atoms with E-state index in [-0.39, 0.29) is 11.6 Å². The maximum atomic E-state index is 12.0. The Morgan fingerprint density at radius 2 is 2.20 bits per heavy atom. The van der Waals surface area contributed by atoms with Gasteiger partial charge in [0.05, 0.1) is 19.1 Å². The Hall–Kier alpha value is -2.96. The van der Waals surface area contributed by atoms with Gasteiger partial charge in [-0.15, -0.1) is 0 Å². The zero-order valence-corrected chi connectivity index (χ0v) is 10.7. The third-order valence-electron chi connectivity index (χ3n) is 2.61. The van der Waals surface area contributed by atoms with Crippen molar-refractivity contribution < 1.29 is 19.2 Å². The average molecular weight is 275 g/mol. The second kappa shape index (κ2) is 5.79. The number of furan rings is 1. The highest BCUT2D eigenvalue weighted by molar-refractivity contribution is 6.10. The highest BCUT2D eigenvalue weighted by atomic mass is 16.5. The summed E-state index contributed by atoms with van der Waals surface area (Å²) in [6, 6.07) is 8.02. The van der Waals surface area contributed by atoms with E-state index in [2.05, 4.69) is 10.5 Å². The van der Waals surface area contributed by atoms with Gasteiger partial charge in [-0.1, -0.05) is 11.2 Å². The van der Waals surface area contributed by atoms with E-state index in [9.17, 15) is 4.79 Å². The third kappa shape index (κ3) is 2.56. The lowest BCUT2D eigenvalue weighted by molar-refractivity contribution is 0.0996. The van der Waals surface area contributed by atoms with E-state index < -0.39 is 5.91 Å². The number of nitrogens with zero attached hydrogens (tertiary/aromatic N) is 1. The van der Waals surface area contributed by atoms with Crippen molar-refractivity contribution >= 4 is 17.4 Å². The molecular weight excluding hydrogens is 262 g/mol. The first kappa shape index (κ1) is 13.5. The largest absolute Gasteiger partial charge is 0.495 e. The van der Waals surface area contributed by atoms with Gasteiger partial charge in [-0.2, -0.15) is 0 Å². The Bertz CT molecular complexity index is 635. The fourth-order valence-electron chi connectivity index (χ4n) is 1.68. The molecule has 4 N–H and O–H groups in total. The van der Waals surface area contributed by atoms with Crippen molar-refractivity contribution in [2.75, 3.05) is 12.4 Å². The summed E-state index contributed by atoms with van der Waals surface area (Å²) < 4.78 is 10.2. The zero-order chi connectivity index (χ0) is 14.5. The number of amides is 1. The van der Waals surface area contributed by atoms with Crippen molar-refractivity contribution in [3.8, 4) is 5.75 Å². The molecule has 20 heavy (non-hydrogen) atoms. The summed E-state index contributed by atoms with van der Waals surface area (Å²) in [5, 5.41) is 14.3. The molecule has 7 heteroatoms. The summed E-state index contributed by atoms with van der Waals surface area (Å²) in [4.78, 5) is 12.0. The predicted molar refractivity (Wildman–Crippen MR) is 72.2 cm³/mol. The van der Waals surface area contributed by atoms with Crippen LogP contribution in [-0.2, 0) is 0 Å². The predicted octanol–water partition coefficient (Wildman–Crippen LogP) is 1.63. The zero-order valence-electron chi connectivity index (χ0n) is 10.7. The molecule has 1 aromatic heterocycles. The molecule has 0 aliphatic carbocycles. The van der Waals surface area contributed by atoms with E-state index in [4.69, 9.17) is 20.1 Å². The van der Waals surface area contributed by atoms with Crippen LogP contribution in [0.4, 0.5) is 5.69 Å². The molecule has 1 aromatic carbocycles. The van der Waals surface area contributed by atoms with E-state index in [0.717, 1.165) is 0 Å². The molecular formula is C13H13N3O4. The van der Waals surface area contributed by atoms with Crippen molar-refractivity contribution in [1.82, 2.24) is 0 Å². The monoisotopic (exact) mass is 275 g/mol. The van der Waals surface area contributed by atoms with Gasteiger partial charge in [0.1, 0.15) is 5.75 Å². The summed E-state index contributed by atoms with van der Waals surface area (Å²) in [5.41, 5.74) is 6.22. The fourth-order valence-corrected chi connectivity index (χ4v) is 1.68. The number of hydrogen-bond donors (Lipinski definition) is 3. The topological polar surface area (TPSA) is 110 Å². The summed E-state index contributed by atoms with van der Waals surface area (Å²) >= 11 is 0. The molecule has 0 spiro atoms. The van der Waals surface area contributed by atoms with Crippen molar-refractivity contribution in [2.45, 2.75) is 0 Å². The highest BCUT2D eigenvalue weighted by Crippen LogP contribution is 2.28. The van der Waals surface area contributed by atoms with Gasteiger partial charge in [0, 0.05) is 5.56 Å². The van der Waals surface area contributed by atoms with Gasteiger partial charge < -0.3 is 25.4 Å². The van der Waals surface area contributed by atoms with Crippen molar-refractivity contribution in [3.63, 3.8) is 0 Å². The van der Waals surface area contributed by atoms with Crippen LogP contribution in [0.25, 0.3) is 0 Å². The number of hydrogen-bond acceptors (Lipinski definition) is 5. The Balaban J connectivity index is 2.41. The fraction of sp³-hybridized carbons (Fsp3) is 0.0769. The van der Waals surface area contributed by atoms with Crippen LogP contribution in [-0.4, -0.2) is 24.1 Å². The van der Waals surface area contributed by atoms with Crippen molar-refractivity contribution in [3.05, 3.63) is 47.9 Å². The molecule has 0 saturated heterocycles. The lowest BCUT2D eigenvalue weighted by Gasteiger charge is -2.13. The molecule has 0 atom stereocenters. The van der Waals surface area contributed by atoms with Gasteiger partial charge in [-0.05, 0) is 24.3 Å². The highest BCUT2D eigenvalue weighted by Gasteiger charge is 2.17. The Kier molecular flexibility index (Phi) is 3.90. The first-order chi connectivity index (χ1) is 9.67. The molecule has 1 amide bonds. The number of ether oxygens (including phenoxy) is 1. The van der Waals surface area contributed by atoms with Crippen LogP contribution in [0.2, 0.25) is 0 Å². The molecule has 2 rings (SSSR count). The minimum atomic E-state index is -0.466. The lowest BCUT2D eigenvalue weighted by Crippen LogP contribution is -2.19. The molecule has 0 bridgehead atoms. The molecule has 0 aliphatic heterocycles. The van der Waals surface area contributed by atoms with Crippen molar-refractivity contribution in [2.24, 2.45) is 10.9 Å². The van der Waals surface area contributed by atoms with Crippen LogP contribution >= 0.6 is 0 Å². The van der Waals surface area contributed by atoms with Gasteiger partial charge in [0.25, 0.3) is 5.91 Å². The number of amidine groups is 1. The number of nitrogens with two attached hydrogens (primary N) is 1. The Labute approximate surface area is 114 Å². The average Bonchev–Trinajstić information content (AvgIpc) is 3.01. The number of oxime groups is 1. The third-order valence-corrected chi connectivity index (χ3v) is 2.61. The Morgan fingerprint density at radius 3 is 2.80 bits per heavy atom. The lowest BCUT2D eigenvalue weighted by atomic mass is 10.1. The van der Waals surface area contributed by atoms with E-state index in [1.807, 2.05) is 0 Å². The maximum absolute atomic E-state index is 12.0. The van der Waals surface area contributed by atoms with Gasteiger partial charge in [0.2, 0.25) is 0 Å². The molecule has 1 heterocycles. The minimum absolute atomic E-state index is 0.140. The number of methoxy groups -OCH3 is 1. The van der Waals surface area contributed by atoms with Crippen LogP contribution in [0, 0.1) is 0 Å². The second-order valence-corrected chi connectivity index (χ2v) is 3.80. The molecule has 0 aliphatic rings. The molecule has 0 saturated carbocycles. The van der Waals surface area contributed by atoms with Crippen LogP contribution in [0.5, 0.6) is 5.75 Å². The van der Waals surface area contributed by atoms with Gasteiger partial charge in [-0.25, -0.2) is 0 Å². The summed E-state index contributed by atoms with van der Waals surface area (Å²) in [6.45, 7) is 0. The quantitative estimate of drug-likeness (QED) is 0.340. The van der Waals surface area contributed by atoms with Gasteiger partial charge >= 0.3 is 0 Å². The maximum Gasteiger partial charge on any atom is 0.291 e. The number of carbonyl (C=O) groups excluding carboxylic acids is 1. The van der Waals surface area contributed by atoms with E-state index in [0.29, 0.717) is 17.0 Å². The Morgan fingerprint density at radius 1 is 1.40 bits per heavy atom. The number of anilines is 1. The molecule has 0 unspecified atom stereocenters. The summed E-state index contributed by atoms with van der Waals surface area (Å²) in [6.07, 6.45) is 1.39. The van der Waals surface area contributed by atoms with Crippen LogP contribution < -0.4 is 15.8 Å². The van der Waals surface area contributed by atoms with Gasteiger partial charge in [-0.3, -0.25) is 4.79 Å². The molecule has 0 radical (unpaired) electrons. The number of carbonyl (C=O) groups is 1. The van der Waals surface area contributed by atoms with E-state index in [1.54, 1.807) is 24.3 Å². The van der Waals surface area contributed by atoms with E-state index >= 15 is 0 Å². The van der Waals surface area contributed by atoms with Crippen LogP contribution in [0.3, 0.4) is 0 Å². The number of nitrogens with one attached hydrogen (secondary N) is 1. The van der Waals surface area contributed by atoms with Crippen LogP contribution in [0.1, 0.15) is 16.1 Å². The minimum Gasteiger partial charge on any atom is -0.495 e. The van der Waals surface area contributed by atoms with Crippen LogP contribution in [0.15, 0.2) is 46.2 Å². The SMILES string of the molecule is COc1cccc(/C(N)=N/O)c1NC(=O)c1ccco1.